The van der Waals surface area contributed by atoms with Gasteiger partial charge in [0.25, 0.3) is 0 Å². The van der Waals surface area contributed by atoms with Crippen molar-refractivity contribution in [3.63, 3.8) is 0 Å². The van der Waals surface area contributed by atoms with Crippen molar-refractivity contribution >= 4 is 11.3 Å². The molecule has 16 heavy (non-hydrogen) atoms. The van der Waals surface area contributed by atoms with E-state index in [1.165, 1.54) is 5.56 Å². The highest BCUT2D eigenvalue weighted by molar-refractivity contribution is 7.07. The van der Waals surface area contributed by atoms with E-state index in [2.05, 4.69) is 35.7 Å². The number of rotatable bonds is 4. The lowest BCUT2D eigenvalue weighted by Gasteiger charge is -2.40. The monoisotopic (exact) mass is 240 g/mol. The maximum Gasteiger partial charge on any atom is 0.0743 e. The van der Waals surface area contributed by atoms with E-state index in [9.17, 15) is 0 Å². The summed E-state index contributed by atoms with van der Waals surface area (Å²) >= 11 is 1.74. The number of hydrogen-bond donors (Lipinski definition) is 1. The Bertz CT molecular complexity index is 328. The number of nitrogens with two attached hydrogens (primary N) is 1. The first-order valence-corrected chi connectivity index (χ1v) is 6.67. The fourth-order valence-electron chi connectivity index (χ4n) is 2.51. The Morgan fingerprint density at radius 3 is 3.00 bits per heavy atom. The van der Waals surface area contributed by atoms with Gasteiger partial charge in [-0.2, -0.15) is 11.3 Å². The van der Waals surface area contributed by atoms with Crippen LogP contribution in [0.5, 0.6) is 0 Å². The van der Waals surface area contributed by atoms with E-state index >= 15 is 0 Å². The molecule has 1 fully saturated rings. The molecule has 4 heteroatoms. The van der Waals surface area contributed by atoms with Crippen LogP contribution in [0.1, 0.15) is 18.9 Å². The van der Waals surface area contributed by atoms with Crippen molar-refractivity contribution in [2.45, 2.75) is 31.5 Å². The summed E-state index contributed by atoms with van der Waals surface area (Å²) in [7, 11) is 2.15. The van der Waals surface area contributed by atoms with Crippen LogP contribution in [-0.2, 0) is 11.3 Å². The Hall–Kier alpha value is -0.420. The van der Waals surface area contributed by atoms with Crippen LogP contribution in [0.4, 0.5) is 0 Å². The number of nitrogens with zero attached hydrogens (tertiary/aromatic N) is 1. The second kappa shape index (κ2) is 4.84. The van der Waals surface area contributed by atoms with Gasteiger partial charge < -0.3 is 10.5 Å². The predicted molar refractivity (Wildman–Crippen MR) is 67.6 cm³/mol. The van der Waals surface area contributed by atoms with Gasteiger partial charge in [0.05, 0.1) is 11.6 Å². The molecule has 1 aromatic heterocycles. The smallest absolute Gasteiger partial charge is 0.0743 e. The molecule has 0 saturated carbocycles. The molecule has 0 aliphatic carbocycles. The van der Waals surface area contributed by atoms with Gasteiger partial charge in [-0.25, -0.2) is 0 Å². The topological polar surface area (TPSA) is 38.5 Å². The molecule has 0 radical (unpaired) electrons. The van der Waals surface area contributed by atoms with Crippen LogP contribution in [0.2, 0.25) is 0 Å². The molecular weight excluding hydrogens is 220 g/mol. The summed E-state index contributed by atoms with van der Waals surface area (Å²) in [5, 5.41) is 4.31. The van der Waals surface area contributed by atoms with Gasteiger partial charge in [0.2, 0.25) is 0 Å². The van der Waals surface area contributed by atoms with Crippen molar-refractivity contribution in [2.24, 2.45) is 5.73 Å². The third-order valence-corrected chi connectivity index (χ3v) is 4.51. The third-order valence-electron chi connectivity index (χ3n) is 3.77. The summed E-state index contributed by atoms with van der Waals surface area (Å²) in [6, 6.07) is 2.17. The fourth-order valence-corrected chi connectivity index (χ4v) is 3.17. The Balaban J connectivity index is 2.09. The quantitative estimate of drug-likeness (QED) is 0.870. The van der Waals surface area contributed by atoms with E-state index in [0.29, 0.717) is 6.54 Å². The lowest BCUT2D eigenvalue weighted by molar-refractivity contribution is 0.0245. The standard InChI is InChI=1S/C12H20N2OS/c1-10-12(9-13,4-5-15-10)14(2)7-11-3-6-16-8-11/h3,6,8,10H,4-5,7,9,13H2,1-2H3. The first kappa shape index (κ1) is 12.0. The molecule has 2 heterocycles. The molecule has 0 spiro atoms. The van der Waals surface area contributed by atoms with Gasteiger partial charge in [0.15, 0.2) is 0 Å². The van der Waals surface area contributed by atoms with Crippen LogP contribution >= 0.6 is 11.3 Å². The van der Waals surface area contributed by atoms with Crippen LogP contribution in [0.25, 0.3) is 0 Å². The van der Waals surface area contributed by atoms with Crippen LogP contribution in [-0.4, -0.2) is 36.7 Å². The van der Waals surface area contributed by atoms with E-state index in [4.69, 9.17) is 10.5 Å². The van der Waals surface area contributed by atoms with Crippen LogP contribution in [0.15, 0.2) is 16.8 Å². The van der Waals surface area contributed by atoms with Gasteiger partial charge in [-0.3, -0.25) is 4.90 Å². The molecule has 0 bridgehead atoms. The van der Waals surface area contributed by atoms with Gasteiger partial charge in [-0.05, 0) is 42.8 Å². The minimum absolute atomic E-state index is 0.0158. The number of likely N-dealkylation sites (N-methyl/N-ethyl adjacent to an activating group) is 1. The van der Waals surface area contributed by atoms with Gasteiger partial charge in [-0.15, -0.1) is 0 Å². The molecule has 90 valence electrons. The summed E-state index contributed by atoms with van der Waals surface area (Å²) in [6.45, 7) is 4.57. The lowest BCUT2D eigenvalue weighted by Crippen LogP contribution is -2.56. The second-order valence-corrected chi connectivity index (χ2v) is 5.34. The molecule has 2 N–H and O–H groups in total. The Morgan fingerprint density at radius 2 is 2.50 bits per heavy atom. The van der Waals surface area contributed by atoms with E-state index in [-0.39, 0.29) is 11.6 Å². The minimum Gasteiger partial charge on any atom is -0.376 e. The maximum absolute atomic E-state index is 5.97. The number of thiophene rings is 1. The Labute approximate surface area is 101 Å². The van der Waals surface area contributed by atoms with E-state index < -0.39 is 0 Å². The van der Waals surface area contributed by atoms with Crippen molar-refractivity contribution in [3.8, 4) is 0 Å². The van der Waals surface area contributed by atoms with Crippen molar-refractivity contribution in [1.29, 1.82) is 0 Å². The third kappa shape index (κ3) is 2.02. The lowest BCUT2D eigenvalue weighted by atomic mass is 9.90. The molecule has 0 aromatic carbocycles. The zero-order valence-corrected chi connectivity index (χ0v) is 10.8. The molecule has 1 aliphatic heterocycles. The SMILES string of the molecule is CC1OCCC1(CN)N(C)Cc1ccsc1. The van der Waals surface area contributed by atoms with Crippen molar-refractivity contribution in [2.75, 3.05) is 20.2 Å². The largest absolute Gasteiger partial charge is 0.376 e. The first-order chi connectivity index (χ1) is 7.69. The van der Waals surface area contributed by atoms with Gasteiger partial charge in [0.1, 0.15) is 0 Å². The van der Waals surface area contributed by atoms with Gasteiger partial charge in [-0.1, -0.05) is 0 Å². The van der Waals surface area contributed by atoms with Crippen LogP contribution in [0, 0.1) is 0 Å². The highest BCUT2D eigenvalue weighted by Crippen LogP contribution is 2.31. The molecular formula is C12H20N2OS. The predicted octanol–water partition coefficient (Wildman–Crippen LogP) is 1.69. The molecule has 1 aromatic rings. The van der Waals surface area contributed by atoms with Crippen molar-refractivity contribution in [1.82, 2.24) is 4.90 Å². The van der Waals surface area contributed by atoms with E-state index in [1.807, 2.05) is 0 Å². The summed E-state index contributed by atoms with van der Waals surface area (Å²) in [6.07, 6.45) is 1.26. The maximum atomic E-state index is 5.97. The summed E-state index contributed by atoms with van der Waals surface area (Å²) in [4.78, 5) is 2.35. The molecule has 1 saturated heterocycles. The van der Waals surface area contributed by atoms with E-state index in [0.717, 1.165) is 19.6 Å². The average Bonchev–Trinajstić information content (AvgIpc) is 2.88. The zero-order chi connectivity index (χ0) is 11.6. The zero-order valence-electron chi connectivity index (χ0n) is 9.98. The van der Waals surface area contributed by atoms with Crippen molar-refractivity contribution in [3.05, 3.63) is 22.4 Å². The van der Waals surface area contributed by atoms with Gasteiger partial charge >= 0.3 is 0 Å². The van der Waals surface area contributed by atoms with Crippen molar-refractivity contribution < 1.29 is 4.74 Å². The fraction of sp³-hybridized carbons (Fsp3) is 0.667. The molecule has 2 rings (SSSR count). The summed E-state index contributed by atoms with van der Waals surface area (Å²) < 4.78 is 5.68. The summed E-state index contributed by atoms with van der Waals surface area (Å²) in [5.41, 5.74) is 7.35. The Kier molecular flexibility index (Phi) is 3.64. The molecule has 2 unspecified atom stereocenters. The Morgan fingerprint density at radius 1 is 1.69 bits per heavy atom. The van der Waals surface area contributed by atoms with Gasteiger partial charge in [0, 0.05) is 19.7 Å². The molecule has 1 aliphatic rings. The molecule has 2 atom stereocenters. The second-order valence-electron chi connectivity index (χ2n) is 4.56. The number of ether oxygens (including phenoxy) is 1. The highest BCUT2D eigenvalue weighted by atomic mass is 32.1. The first-order valence-electron chi connectivity index (χ1n) is 5.73. The summed E-state index contributed by atoms with van der Waals surface area (Å²) in [5.74, 6) is 0. The number of hydrogen-bond acceptors (Lipinski definition) is 4. The van der Waals surface area contributed by atoms with Crippen LogP contribution in [0.3, 0.4) is 0 Å². The van der Waals surface area contributed by atoms with E-state index in [1.54, 1.807) is 11.3 Å². The average molecular weight is 240 g/mol. The van der Waals surface area contributed by atoms with Crippen LogP contribution < -0.4 is 5.73 Å². The highest BCUT2D eigenvalue weighted by Gasteiger charge is 2.43. The molecule has 3 nitrogen and oxygen atoms in total. The minimum atomic E-state index is 0.0158. The normalized spacial score (nSPS) is 30.1. The molecule has 0 amide bonds.